The van der Waals surface area contributed by atoms with Gasteiger partial charge in [-0.2, -0.15) is 13.2 Å². The molecule has 122 valence electrons. The van der Waals surface area contributed by atoms with Gasteiger partial charge in [-0.05, 0) is 44.0 Å². The lowest BCUT2D eigenvalue weighted by molar-refractivity contribution is -0.167. The molecule has 0 unspecified atom stereocenters. The molecule has 0 radical (unpaired) electrons. The zero-order valence-electron chi connectivity index (χ0n) is 13.0. The van der Waals surface area contributed by atoms with Gasteiger partial charge in [-0.3, -0.25) is 4.79 Å². The van der Waals surface area contributed by atoms with Gasteiger partial charge in [-0.1, -0.05) is 29.8 Å². The summed E-state index contributed by atoms with van der Waals surface area (Å²) in [7, 11) is 0. The third-order valence-corrected chi connectivity index (χ3v) is 3.37. The SMILES string of the molecule is Cc1cc(C)c(Nc2ccccc2NC(=O)C(F)(F)F)c(C)c1. The Bertz CT molecular complexity index is 716. The molecule has 23 heavy (non-hydrogen) atoms. The largest absolute Gasteiger partial charge is 0.471 e. The molecule has 2 rings (SSSR count). The van der Waals surface area contributed by atoms with E-state index < -0.39 is 12.1 Å². The minimum Gasteiger partial charge on any atom is -0.353 e. The molecule has 1 amide bonds. The van der Waals surface area contributed by atoms with Gasteiger partial charge in [0.15, 0.2) is 0 Å². The lowest BCUT2D eigenvalue weighted by Crippen LogP contribution is -2.30. The Morgan fingerprint density at radius 3 is 2.00 bits per heavy atom. The summed E-state index contributed by atoms with van der Waals surface area (Å²) < 4.78 is 37.3. The quantitative estimate of drug-likeness (QED) is 0.847. The van der Waals surface area contributed by atoms with Gasteiger partial charge in [-0.15, -0.1) is 0 Å². The Morgan fingerprint density at radius 1 is 0.957 bits per heavy atom. The van der Waals surface area contributed by atoms with Crippen LogP contribution in [0.2, 0.25) is 0 Å². The van der Waals surface area contributed by atoms with Crippen molar-refractivity contribution in [2.45, 2.75) is 26.9 Å². The summed E-state index contributed by atoms with van der Waals surface area (Å²) in [6.45, 7) is 5.81. The van der Waals surface area contributed by atoms with E-state index in [1.54, 1.807) is 18.2 Å². The summed E-state index contributed by atoms with van der Waals surface area (Å²) in [6, 6.07) is 10.2. The highest BCUT2D eigenvalue weighted by Crippen LogP contribution is 2.31. The van der Waals surface area contributed by atoms with E-state index in [1.807, 2.05) is 38.2 Å². The van der Waals surface area contributed by atoms with Crippen LogP contribution >= 0.6 is 0 Å². The smallest absolute Gasteiger partial charge is 0.353 e. The van der Waals surface area contributed by atoms with E-state index in [4.69, 9.17) is 0 Å². The lowest BCUT2D eigenvalue weighted by atomic mass is 10.0. The van der Waals surface area contributed by atoms with Crippen molar-refractivity contribution < 1.29 is 18.0 Å². The number of para-hydroxylation sites is 2. The van der Waals surface area contributed by atoms with Gasteiger partial charge in [0, 0.05) is 5.69 Å². The molecule has 6 heteroatoms. The van der Waals surface area contributed by atoms with Gasteiger partial charge >= 0.3 is 12.1 Å². The molecule has 0 fully saturated rings. The maximum absolute atomic E-state index is 12.4. The summed E-state index contributed by atoms with van der Waals surface area (Å²) >= 11 is 0. The van der Waals surface area contributed by atoms with Gasteiger partial charge in [0.05, 0.1) is 11.4 Å². The molecular formula is C17H17F3N2O. The molecule has 0 aliphatic heterocycles. The minimum atomic E-state index is -4.93. The molecule has 0 saturated heterocycles. The van der Waals surface area contributed by atoms with E-state index in [1.165, 1.54) is 6.07 Å². The van der Waals surface area contributed by atoms with Crippen molar-refractivity contribution in [2.75, 3.05) is 10.6 Å². The Labute approximate surface area is 132 Å². The molecule has 2 aromatic carbocycles. The number of rotatable bonds is 3. The highest BCUT2D eigenvalue weighted by atomic mass is 19.4. The zero-order valence-corrected chi connectivity index (χ0v) is 13.0. The average Bonchev–Trinajstić information content (AvgIpc) is 2.43. The standard InChI is InChI=1S/C17H17F3N2O/c1-10-8-11(2)15(12(3)9-10)21-13-6-4-5-7-14(13)22-16(23)17(18,19)20/h4-9,21H,1-3H3,(H,22,23). The van der Waals surface area contributed by atoms with Crippen molar-refractivity contribution in [2.24, 2.45) is 0 Å². The molecule has 0 aliphatic rings. The number of anilines is 3. The van der Waals surface area contributed by atoms with Crippen molar-refractivity contribution in [3.05, 3.63) is 53.1 Å². The van der Waals surface area contributed by atoms with Gasteiger partial charge < -0.3 is 10.6 Å². The summed E-state index contributed by atoms with van der Waals surface area (Å²) in [5.74, 6) is -2.00. The number of halogens is 3. The highest BCUT2D eigenvalue weighted by molar-refractivity contribution is 5.98. The number of nitrogens with one attached hydrogen (secondary N) is 2. The summed E-state index contributed by atoms with van der Waals surface area (Å²) in [5.41, 5.74) is 4.33. The van der Waals surface area contributed by atoms with Crippen LogP contribution in [0.15, 0.2) is 36.4 Å². The van der Waals surface area contributed by atoms with Crippen molar-refractivity contribution in [3.63, 3.8) is 0 Å². The van der Waals surface area contributed by atoms with Crippen LogP contribution in [0.1, 0.15) is 16.7 Å². The number of hydrogen-bond acceptors (Lipinski definition) is 2. The monoisotopic (exact) mass is 322 g/mol. The molecule has 0 saturated carbocycles. The van der Waals surface area contributed by atoms with Crippen molar-refractivity contribution in [1.82, 2.24) is 0 Å². The van der Waals surface area contributed by atoms with Crippen LogP contribution in [0.5, 0.6) is 0 Å². The number of benzene rings is 2. The highest BCUT2D eigenvalue weighted by Gasteiger charge is 2.38. The molecule has 0 spiro atoms. The Balaban J connectivity index is 2.34. The molecule has 3 nitrogen and oxygen atoms in total. The van der Waals surface area contributed by atoms with Crippen LogP contribution in [0.25, 0.3) is 0 Å². The van der Waals surface area contributed by atoms with E-state index >= 15 is 0 Å². The van der Waals surface area contributed by atoms with Gasteiger partial charge in [0.2, 0.25) is 0 Å². The van der Waals surface area contributed by atoms with Crippen LogP contribution in [-0.4, -0.2) is 12.1 Å². The fourth-order valence-corrected chi connectivity index (χ4v) is 2.41. The average molecular weight is 322 g/mol. The van der Waals surface area contributed by atoms with Crippen LogP contribution in [0, 0.1) is 20.8 Å². The first kappa shape index (κ1) is 16.9. The zero-order chi connectivity index (χ0) is 17.2. The predicted molar refractivity (Wildman–Crippen MR) is 85.1 cm³/mol. The number of aryl methyl sites for hydroxylation is 3. The second kappa shape index (κ2) is 6.32. The molecular weight excluding hydrogens is 305 g/mol. The number of carbonyl (C=O) groups excluding carboxylic acids is 1. The van der Waals surface area contributed by atoms with Gasteiger partial charge in [0.1, 0.15) is 0 Å². The van der Waals surface area contributed by atoms with Crippen molar-refractivity contribution >= 4 is 23.0 Å². The maximum atomic E-state index is 12.4. The number of carbonyl (C=O) groups is 1. The molecule has 2 aromatic rings. The van der Waals surface area contributed by atoms with Gasteiger partial charge in [-0.25, -0.2) is 0 Å². The Kier molecular flexibility index (Phi) is 4.63. The number of hydrogen-bond donors (Lipinski definition) is 2. The van der Waals surface area contributed by atoms with E-state index in [9.17, 15) is 18.0 Å². The third kappa shape index (κ3) is 4.03. The molecule has 0 aromatic heterocycles. The molecule has 0 heterocycles. The van der Waals surface area contributed by atoms with Crippen LogP contribution in [0.4, 0.5) is 30.2 Å². The number of amides is 1. The minimum absolute atomic E-state index is 0.0780. The summed E-state index contributed by atoms with van der Waals surface area (Å²) in [6.07, 6.45) is -4.93. The van der Waals surface area contributed by atoms with Crippen LogP contribution < -0.4 is 10.6 Å². The second-order valence-electron chi connectivity index (χ2n) is 5.40. The van der Waals surface area contributed by atoms with Gasteiger partial charge in [0.25, 0.3) is 0 Å². The first-order chi connectivity index (χ1) is 10.7. The van der Waals surface area contributed by atoms with Crippen molar-refractivity contribution in [1.29, 1.82) is 0 Å². The summed E-state index contributed by atoms with van der Waals surface area (Å²) in [5, 5.41) is 5.01. The topological polar surface area (TPSA) is 41.1 Å². The third-order valence-electron chi connectivity index (χ3n) is 3.37. The van der Waals surface area contributed by atoms with E-state index in [0.29, 0.717) is 5.69 Å². The fraction of sp³-hybridized carbons (Fsp3) is 0.235. The first-order valence-corrected chi connectivity index (χ1v) is 7.00. The molecule has 0 bridgehead atoms. The first-order valence-electron chi connectivity index (χ1n) is 7.00. The number of alkyl halides is 3. The van der Waals surface area contributed by atoms with Crippen LogP contribution in [0.3, 0.4) is 0 Å². The molecule has 2 N–H and O–H groups in total. The normalized spacial score (nSPS) is 11.2. The molecule has 0 atom stereocenters. The van der Waals surface area contributed by atoms with E-state index in [-0.39, 0.29) is 5.69 Å². The van der Waals surface area contributed by atoms with Crippen molar-refractivity contribution in [3.8, 4) is 0 Å². The molecule has 0 aliphatic carbocycles. The maximum Gasteiger partial charge on any atom is 0.471 e. The fourth-order valence-electron chi connectivity index (χ4n) is 2.41. The predicted octanol–water partition coefficient (Wildman–Crippen LogP) is 4.86. The second-order valence-corrected chi connectivity index (χ2v) is 5.40. The Hall–Kier alpha value is -2.50. The van der Waals surface area contributed by atoms with Crippen LogP contribution in [-0.2, 0) is 4.79 Å². The van der Waals surface area contributed by atoms with E-state index in [2.05, 4.69) is 5.32 Å². The van der Waals surface area contributed by atoms with E-state index in [0.717, 1.165) is 22.4 Å². The lowest BCUT2D eigenvalue weighted by Gasteiger charge is -2.17. The Morgan fingerprint density at radius 2 is 1.48 bits per heavy atom. The summed E-state index contributed by atoms with van der Waals surface area (Å²) in [4.78, 5) is 11.2.